The molecule has 0 aliphatic carbocycles. The maximum Gasteiger partial charge on any atom is 0.233 e. The highest BCUT2D eigenvalue weighted by molar-refractivity contribution is 5.59. The number of aromatic nitrogens is 3. The molecule has 1 aromatic heterocycles. The Morgan fingerprint density at radius 3 is 1.89 bits per heavy atom. The van der Waals surface area contributed by atoms with Crippen molar-refractivity contribution in [2.45, 2.75) is 26.2 Å². The highest BCUT2D eigenvalue weighted by Crippen LogP contribution is 2.23. The van der Waals surface area contributed by atoms with Crippen LogP contribution in [0.1, 0.15) is 25.3 Å². The molecule has 144 valence electrons. The van der Waals surface area contributed by atoms with Gasteiger partial charge in [0, 0.05) is 24.5 Å². The molecule has 2 N–H and O–H groups in total. The van der Waals surface area contributed by atoms with Gasteiger partial charge < -0.3 is 15.5 Å². The van der Waals surface area contributed by atoms with Crippen molar-refractivity contribution < 1.29 is 4.39 Å². The summed E-state index contributed by atoms with van der Waals surface area (Å²) < 4.78 is 13.2. The quantitative estimate of drug-likeness (QED) is 0.650. The first kappa shape index (κ1) is 18.2. The lowest BCUT2D eigenvalue weighted by atomic mass is 10.1. The lowest BCUT2D eigenvalue weighted by Crippen LogP contribution is -2.21. The van der Waals surface area contributed by atoms with E-state index in [0.717, 1.165) is 43.7 Å². The smallest absolute Gasteiger partial charge is 0.233 e. The van der Waals surface area contributed by atoms with Crippen molar-refractivity contribution in [2.24, 2.45) is 0 Å². The highest BCUT2D eigenvalue weighted by atomic mass is 19.1. The van der Waals surface area contributed by atoms with E-state index in [1.54, 1.807) is 12.1 Å². The molecular weight excluding hydrogens is 355 g/mol. The molecule has 3 aromatic rings. The summed E-state index contributed by atoms with van der Waals surface area (Å²) >= 11 is 0. The lowest BCUT2D eigenvalue weighted by Gasteiger charge is -2.17. The van der Waals surface area contributed by atoms with Crippen LogP contribution >= 0.6 is 0 Å². The van der Waals surface area contributed by atoms with Gasteiger partial charge in [0.15, 0.2) is 0 Å². The third kappa shape index (κ3) is 4.36. The summed E-state index contributed by atoms with van der Waals surface area (Å²) in [5.41, 5.74) is 2.92. The van der Waals surface area contributed by atoms with Crippen LogP contribution in [-0.2, 0) is 6.42 Å². The Morgan fingerprint density at radius 1 is 0.821 bits per heavy atom. The summed E-state index contributed by atoms with van der Waals surface area (Å²) in [6.45, 7) is 4.00. The summed E-state index contributed by atoms with van der Waals surface area (Å²) in [7, 11) is 0. The molecule has 2 aromatic carbocycles. The minimum atomic E-state index is -0.281. The molecule has 7 heteroatoms. The van der Waals surface area contributed by atoms with Gasteiger partial charge in [-0.3, -0.25) is 0 Å². The Balaban J connectivity index is 1.61. The number of rotatable bonds is 6. The highest BCUT2D eigenvalue weighted by Gasteiger charge is 2.17. The Bertz CT molecular complexity index is 921. The maximum atomic E-state index is 13.2. The molecule has 28 heavy (non-hydrogen) atoms. The minimum absolute atomic E-state index is 0.281. The van der Waals surface area contributed by atoms with Gasteiger partial charge >= 0.3 is 0 Å². The monoisotopic (exact) mass is 378 g/mol. The SMILES string of the molecule is CCc1ccc(Nc2nc(Nc3ccc(F)cc3)nc(N3CCCC3)n2)cc1. The molecule has 2 heterocycles. The first-order valence-corrected chi connectivity index (χ1v) is 9.59. The molecular formula is C21H23FN6. The molecule has 0 unspecified atom stereocenters. The normalized spacial score (nSPS) is 13.6. The zero-order valence-corrected chi connectivity index (χ0v) is 15.8. The molecule has 0 amide bonds. The van der Waals surface area contributed by atoms with Gasteiger partial charge in [0.2, 0.25) is 17.8 Å². The maximum absolute atomic E-state index is 13.2. The summed E-state index contributed by atoms with van der Waals surface area (Å²) in [5, 5.41) is 6.41. The van der Waals surface area contributed by atoms with Crippen molar-refractivity contribution in [1.82, 2.24) is 15.0 Å². The molecule has 0 radical (unpaired) electrons. The average Bonchev–Trinajstić information content (AvgIpc) is 3.25. The van der Waals surface area contributed by atoms with E-state index >= 15 is 0 Å². The van der Waals surface area contributed by atoms with Crippen molar-refractivity contribution in [3.8, 4) is 0 Å². The number of aryl methyl sites for hydroxylation is 1. The summed E-state index contributed by atoms with van der Waals surface area (Å²) in [4.78, 5) is 15.8. The Kier molecular flexibility index (Phi) is 5.32. The van der Waals surface area contributed by atoms with Crippen LogP contribution < -0.4 is 15.5 Å². The number of benzene rings is 2. The third-order valence-corrected chi connectivity index (χ3v) is 4.73. The van der Waals surface area contributed by atoms with Crippen LogP contribution in [0.3, 0.4) is 0 Å². The molecule has 0 atom stereocenters. The standard InChI is InChI=1S/C21H23FN6/c1-2-15-5-9-17(10-6-15)23-19-25-20(24-18-11-7-16(22)8-12-18)27-21(26-19)28-13-3-4-14-28/h5-12H,2-4,13-14H2,1H3,(H2,23,24,25,26,27). The fourth-order valence-electron chi connectivity index (χ4n) is 3.15. The Morgan fingerprint density at radius 2 is 1.36 bits per heavy atom. The Hall–Kier alpha value is -3.22. The van der Waals surface area contributed by atoms with Crippen molar-refractivity contribution in [1.29, 1.82) is 0 Å². The van der Waals surface area contributed by atoms with E-state index in [2.05, 4.69) is 49.5 Å². The molecule has 1 fully saturated rings. The van der Waals surface area contributed by atoms with E-state index in [0.29, 0.717) is 17.8 Å². The lowest BCUT2D eigenvalue weighted by molar-refractivity contribution is 0.628. The van der Waals surface area contributed by atoms with Gasteiger partial charge in [-0.2, -0.15) is 15.0 Å². The number of hydrogen-bond donors (Lipinski definition) is 2. The summed E-state index contributed by atoms with van der Waals surface area (Å²) in [5.74, 6) is 1.27. The predicted molar refractivity (Wildman–Crippen MR) is 110 cm³/mol. The van der Waals surface area contributed by atoms with Crippen molar-refractivity contribution >= 4 is 29.2 Å². The van der Waals surface area contributed by atoms with Crippen molar-refractivity contribution in [3.63, 3.8) is 0 Å². The second-order valence-electron chi connectivity index (χ2n) is 6.78. The van der Waals surface area contributed by atoms with Gasteiger partial charge in [-0.15, -0.1) is 0 Å². The molecule has 0 bridgehead atoms. The topological polar surface area (TPSA) is 66.0 Å². The van der Waals surface area contributed by atoms with E-state index in [1.807, 2.05) is 12.1 Å². The fraction of sp³-hybridized carbons (Fsp3) is 0.286. The fourth-order valence-corrected chi connectivity index (χ4v) is 3.15. The summed E-state index contributed by atoms with van der Waals surface area (Å²) in [6, 6.07) is 14.3. The second kappa shape index (κ2) is 8.21. The number of hydrogen-bond acceptors (Lipinski definition) is 6. The average molecular weight is 378 g/mol. The molecule has 6 nitrogen and oxygen atoms in total. The second-order valence-corrected chi connectivity index (χ2v) is 6.78. The van der Waals surface area contributed by atoms with Crippen molar-refractivity contribution in [2.75, 3.05) is 28.6 Å². The van der Waals surface area contributed by atoms with E-state index in [-0.39, 0.29) is 5.82 Å². The van der Waals surface area contributed by atoms with Crippen LogP contribution in [0.25, 0.3) is 0 Å². The molecule has 1 aliphatic rings. The van der Waals surface area contributed by atoms with E-state index in [9.17, 15) is 4.39 Å². The first-order valence-electron chi connectivity index (χ1n) is 9.59. The molecule has 0 saturated carbocycles. The van der Waals surface area contributed by atoms with Crippen LogP contribution in [-0.4, -0.2) is 28.0 Å². The molecule has 1 aliphatic heterocycles. The largest absolute Gasteiger partial charge is 0.341 e. The molecule has 4 rings (SSSR count). The number of anilines is 5. The van der Waals surface area contributed by atoms with Crippen LogP contribution in [0.5, 0.6) is 0 Å². The van der Waals surface area contributed by atoms with Gasteiger partial charge in [-0.25, -0.2) is 4.39 Å². The van der Waals surface area contributed by atoms with Crippen LogP contribution in [0.4, 0.5) is 33.6 Å². The van der Waals surface area contributed by atoms with Gasteiger partial charge in [-0.1, -0.05) is 19.1 Å². The number of halogens is 1. The van der Waals surface area contributed by atoms with E-state index in [1.165, 1.54) is 17.7 Å². The van der Waals surface area contributed by atoms with Crippen LogP contribution in [0.15, 0.2) is 48.5 Å². The zero-order chi connectivity index (χ0) is 19.3. The number of nitrogens with zero attached hydrogens (tertiary/aromatic N) is 4. The zero-order valence-electron chi connectivity index (χ0n) is 15.8. The van der Waals surface area contributed by atoms with Crippen LogP contribution in [0.2, 0.25) is 0 Å². The predicted octanol–water partition coefficient (Wildman–Crippen LogP) is 4.66. The van der Waals surface area contributed by atoms with Crippen LogP contribution in [0, 0.1) is 5.82 Å². The Labute approximate surface area is 163 Å². The van der Waals surface area contributed by atoms with Crippen molar-refractivity contribution in [3.05, 3.63) is 59.9 Å². The summed E-state index contributed by atoms with van der Waals surface area (Å²) in [6.07, 6.45) is 3.26. The number of nitrogens with one attached hydrogen (secondary N) is 2. The molecule has 1 saturated heterocycles. The van der Waals surface area contributed by atoms with Gasteiger partial charge in [0.05, 0.1) is 0 Å². The third-order valence-electron chi connectivity index (χ3n) is 4.73. The van der Waals surface area contributed by atoms with Gasteiger partial charge in [0.1, 0.15) is 5.82 Å². The molecule has 0 spiro atoms. The minimum Gasteiger partial charge on any atom is -0.341 e. The van der Waals surface area contributed by atoms with Gasteiger partial charge in [0.25, 0.3) is 0 Å². The van der Waals surface area contributed by atoms with Gasteiger partial charge in [-0.05, 0) is 61.2 Å². The van der Waals surface area contributed by atoms with E-state index in [4.69, 9.17) is 0 Å². The van der Waals surface area contributed by atoms with E-state index < -0.39 is 0 Å². The first-order chi connectivity index (χ1) is 13.7.